The van der Waals surface area contributed by atoms with Gasteiger partial charge in [-0.25, -0.2) is 4.98 Å². The predicted octanol–water partition coefficient (Wildman–Crippen LogP) is 1.34. The summed E-state index contributed by atoms with van der Waals surface area (Å²) < 4.78 is 5.44. The van der Waals surface area contributed by atoms with Crippen molar-refractivity contribution in [3.8, 4) is 5.88 Å². The molecule has 1 aromatic rings. The van der Waals surface area contributed by atoms with E-state index in [0.717, 1.165) is 0 Å². The molecule has 1 aromatic heterocycles. The highest BCUT2D eigenvalue weighted by atomic mass is 16.5. The number of aromatic amines is 1. The van der Waals surface area contributed by atoms with Crippen LogP contribution >= 0.6 is 0 Å². The van der Waals surface area contributed by atoms with E-state index in [1.54, 1.807) is 0 Å². The maximum atomic E-state index is 10.9. The van der Waals surface area contributed by atoms with Crippen LogP contribution in [0.3, 0.4) is 0 Å². The first-order chi connectivity index (χ1) is 6.84. The number of aromatic nitrogens is 2. The van der Waals surface area contributed by atoms with E-state index < -0.39 is 0 Å². The Morgan fingerprint density at radius 2 is 2.29 bits per heavy atom. The molecule has 0 aliphatic heterocycles. The second-order valence-electron chi connectivity index (χ2n) is 3.71. The van der Waals surface area contributed by atoms with Gasteiger partial charge < -0.3 is 9.72 Å². The Kier molecular flexibility index (Phi) is 2.81. The fourth-order valence-electron chi connectivity index (χ4n) is 1.81. The zero-order valence-electron chi connectivity index (χ0n) is 8.03. The van der Waals surface area contributed by atoms with Crippen LogP contribution < -0.4 is 10.3 Å². The summed E-state index contributed by atoms with van der Waals surface area (Å²) in [4.78, 5) is 17.3. The van der Waals surface area contributed by atoms with Crippen molar-refractivity contribution in [2.24, 2.45) is 5.92 Å². The lowest BCUT2D eigenvalue weighted by Gasteiger charge is -2.09. The topological polar surface area (TPSA) is 55.0 Å². The molecule has 0 bridgehead atoms. The van der Waals surface area contributed by atoms with Crippen LogP contribution in [-0.4, -0.2) is 16.6 Å². The fourth-order valence-corrected chi connectivity index (χ4v) is 1.81. The molecule has 2 rings (SSSR count). The highest BCUT2D eigenvalue weighted by Crippen LogP contribution is 2.24. The lowest BCUT2D eigenvalue weighted by molar-refractivity contribution is 0.243. The molecule has 4 nitrogen and oxygen atoms in total. The van der Waals surface area contributed by atoms with Gasteiger partial charge in [-0.05, 0) is 18.8 Å². The molecule has 0 radical (unpaired) electrons. The number of nitrogens with one attached hydrogen (secondary N) is 1. The molecule has 14 heavy (non-hydrogen) atoms. The third-order valence-corrected chi connectivity index (χ3v) is 2.59. The van der Waals surface area contributed by atoms with E-state index in [1.165, 1.54) is 38.1 Å². The van der Waals surface area contributed by atoms with Gasteiger partial charge in [-0.3, -0.25) is 4.79 Å². The van der Waals surface area contributed by atoms with Crippen LogP contribution in [0.2, 0.25) is 0 Å². The van der Waals surface area contributed by atoms with Crippen LogP contribution in [0.5, 0.6) is 5.88 Å². The van der Waals surface area contributed by atoms with E-state index in [4.69, 9.17) is 4.74 Å². The summed E-state index contributed by atoms with van der Waals surface area (Å²) in [6.07, 6.45) is 6.45. The van der Waals surface area contributed by atoms with Gasteiger partial charge in [-0.2, -0.15) is 0 Å². The summed E-state index contributed by atoms with van der Waals surface area (Å²) in [5.41, 5.74) is -0.165. The smallest absolute Gasteiger partial charge is 0.254 e. The van der Waals surface area contributed by atoms with Crippen LogP contribution in [0.25, 0.3) is 0 Å². The SMILES string of the molecule is O=c1cc(OCC2CCCC2)nc[nH]1. The molecule has 1 saturated carbocycles. The molecule has 1 aliphatic rings. The van der Waals surface area contributed by atoms with Crippen molar-refractivity contribution in [2.75, 3.05) is 6.61 Å². The summed E-state index contributed by atoms with van der Waals surface area (Å²) in [5.74, 6) is 1.08. The molecule has 0 amide bonds. The minimum Gasteiger partial charge on any atom is -0.477 e. The Morgan fingerprint density at radius 1 is 1.50 bits per heavy atom. The standard InChI is InChI=1S/C10H14N2O2/c13-9-5-10(12-7-11-9)14-6-8-3-1-2-4-8/h5,7-8H,1-4,6H2,(H,11,12,13). The van der Waals surface area contributed by atoms with Crippen LogP contribution in [0, 0.1) is 5.92 Å². The van der Waals surface area contributed by atoms with Crippen LogP contribution in [-0.2, 0) is 0 Å². The first-order valence-electron chi connectivity index (χ1n) is 5.02. The second kappa shape index (κ2) is 4.26. The zero-order chi connectivity index (χ0) is 9.80. The Bertz CT molecular complexity index is 342. The minimum absolute atomic E-state index is 0.165. The maximum Gasteiger partial charge on any atom is 0.254 e. The molecular formula is C10H14N2O2. The minimum atomic E-state index is -0.165. The molecule has 1 N–H and O–H groups in total. The highest BCUT2D eigenvalue weighted by Gasteiger charge is 2.15. The highest BCUT2D eigenvalue weighted by molar-refractivity contribution is 5.04. The molecule has 0 spiro atoms. The average Bonchev–Trinajstić information content (AvgIpc) is 2.67. The quantitative estimate of drug-likeness (QED) is 0.790. The summed E-state index contributed by atoms with van der Waals surface area (Å²) in [6.45, 7) is 0.691. The van der Waals surface area contributed by atoms with Crippen molar-refractivity contribution >= 4 is 0 Å². The van der Waals surface area contributed by atoms with E-state index in [9.17, 15) is 4.79 Å². The Balaban J connectivity index is 1.88. The molecule has 4 heteroatoms. The van der Waals surface area contributed by atoms with Crippen LogP contribution in [0.15, 0.2) is 17.2 Å². The Hall–Kier alpha value is -1.32. The number of hydrogen-bond donors (Lipinski definition) is 1. The van der Waals surface area contributed by atoms with Gasteiger partial charge in [-0.15, -0.1) is 0 Å². The maximum absolute atomic E-state index is 10.9. The molecule has 1 aliphatic carbocycles. The lowest BCUT2D eigenvalue weighted by Crippen LogP contribution is -2.11. The van der Waals surface area contributed by atoms with Gasteiger partial charge in [0.05, 0.1) is 19.0 Å². The van der Waals surface area contributed by atoms with Crippen LogP contribution in [0.4, 0.5) is 0 Å². The zero-order valence-corrected chi connectivity index (χ0v) is 8.03. The van der Waals surface area contributed by atoms with Gasteiger partial charge in [-0.1, -0.05) is 12.8 Å². The average molecular weight is 194 g/mol. The van der Waals surface area contributed by atoms with Gasteiger partial charge in [0, 0.05) is 0 Å². The molecule has 0 unspecified atom stereocenters. The van der Waals surface area contributed by atoms with E-state index in [2.05, 4.69) is 9.97 Å². The number of hydrogen-bond acceptors (Lipinski definition) is 3. The predicted molar refractivity (Wildman–Crippen MR) is 52.3 cm³/mol. The Labute approximate surface area is 82.3 Å². The summed E-state index contributed by atoms with van der Waals surface area (Å²) in [6, 6.07) is 1.38. The molecule has 0 saturated heterocycles. The second-order valence-corrected chi connectivity index (χ2v) is 3.71. The number of nitrogens with zero attached hydrogens (tertiary/aromatic N) is 1. The molecular weight excluding hydrogens is 180 g/mol. The fraction of sp³-hybridized carbons (Fsp3) is 0.600. The first-order valence-corrected chi connectivity index (χ1v) is 5.02. The van der Waals surface area contributed by atoms with Crippen molar-refractivity contribution in [2.45, 2.75) is 25.7 Å². The van der Waals surface area contributed by atoms with Crippen molar-refractivity contribution < 1.29 is 4.74 Å². The van der Waals surface area contributed by atoms with E-state index in [0.29, 0.717) is 18.4 Å². The van der Waals surface area contributed by atoms with Gasteiger partial charge in [0.15, 0.2) is 0 Å². The monoisotopic (exact) mass is 194 g/mol. The molecule has 1 fully saturated rings. The summed E-state index contributed by atoms with van der Waals surface area (Å²) in [7, 11) is 0. The van der Waals surface area contributed by atoms with E-state index in [-0.39, 0.29) is 5.56 Å². The summed E-state index contributed by atoms with van der Waals surface area (Å²) >= 11 is 0. The molecule has 76 valence electrons. The third-order valence-electron chi connectivity index (χ3n) is 2.59. The molecule has 0 atom stereocenters. The number of rotatable bonds is 3. The largest absolute Gasteiger partial charge is 0.477 e. The van der Waals surface area contributed by atoms with E-state index >= 15 is 0 Å². The van der Waals surface area contributed by atoms with Gasteiger partial charge >= 0.3 is 0 Å². The lowest BCUT2D eigenvalue weighted by atomic mass is 10.1. The van der Waals surface area contributed by atoms with Gasteiger partial charge in [0.1, 0.15) is 0 Å². The summed E-state index contributed by atoms with van der Waals surface area (Å²) in [5, 5.41) is 0. The third kappa shape index (κ3) is 2.34. The van der Waals surface area contributed by atoms with Crippen molar-refractivity contribution in [1.82, 2.24) is 9.97 Å². The van der Waals surface area contributed by atoms with E-state index in [1.807, 2.05) is 0 Å². The molecule has 1 heterocycles. The Morgan fingerprint density at radius 3 is 3.00 bits per heavy atom. The van der Waals surface area contributed by atoms with Crippen molar-refractivity contribution in [1.29, 1.82) is 0 Å². The van der Waals surface area contributed by atoms with Gasteiger partial charge in [0.25, 0.3) is 5.56 Å². The molecule has 0 aromatic carbocycles. The number of ether oxygens (including phenoxy) is 1. The van der Waals surface area contributed by atoms with Gasteiger partial charge in [0.2, 0.25) is 5.88 Å². The first kappa shape index (κ1) is 9.24. The van der Waals surface area contributed by atoms with Crippen molar-refractivity contribution in [3.05, 3.63) is 22.7 Å². The number of H-pyrrole nitrogens is 1. The van der Waals surface area contributed by atoms with Crippen LogP contribution in [0.1, 0.15) is 25.7 Å². The normalized spacial score (nSPS) is 17.1. The van der Waals surface area contributed by atoms with Crippen molar-refractivity contribution in [3.63, 3.8) is 0 Å².